The van der Waals surface area contributed by atoms with E-state index in [1.807, 2.05) is 0 Å². The summed E-state index contributed by atoms with van der Waals surface area (Å²) in [6.07, 6.45) is 54.4. The zero-order chi connectivity index (χ0) is 65.6. The maximum Gasteiger partial charge on any atom is 0.472 e. The van der Waals surface area contributed by atoms with Crippen LogP contribution in [0, 0.1) is 5.92 Å². The molecule has 89 heavy (non-hydrogen) atoms. The highest BCUT2D eigenvalue weighted by atomic mass is 31.2. The molecule has 0 fully saturated rings. The molecule has 19 heteroatoms. The van der Waals surface area contributed by atoms with Gasteiger partial charge in [0.2, 0.25) is 0 Å². The van der Waals surface area contributed by atoms with Crippen LogP contribution in [0.3, 0.4) is 0 Å². The zero-order valence-electron chi connectivity index (χ0n) is 56.5. The molecule has 0 rings (SSSR count). The Morgan fingerprint density at radius 3 is 0.921 bits per heavy atom. The molecule has 0 bridgehead atoms. The Balaban J connectivity index is 5.30. The second-order valence-corrected chi connectivity index (χ2v) is 27.3. The van der Waals surface area contributed by atoms with Crippen LogP contribution in [0.15, 0.2) is 48.6 Å². The highest BCUT2D eigenvalue weighted by Gasteiger charge is 2.30. The molecule has 0 aromatic rings. The van der Waals surface area contributed by atoms with Crippen molar-refractivity contribution in [2.24, 2.45) is 5.92 Å². The van der Waals surface area contributed by atoms with Crippen LogP contribution in [0.1, 0.15) is 311 Å². The average molecular weight is 1300 g/mol. The van der Waals surface area contributed by atoms with E-state index in [2.05, 4.69) is 83.2 Å². The lowest BCUT2D eigenvalue weighted by molar-refractivity contribution is -0.161. The van der Waals surface area contributed by atoms with Crippen LogP contribution < -0.4 is 0 Å². The van der Waals surface area contributed by atoms with Gasteiger partial charge in [-0.2, -0.15) is 0 Å². The first-order chi connectivity index (χ1) is 43.0. The summed E-state index contributed by atoms with van der Waals surface area (Å²) in [4.78, 5) is 72.4. The third-order valence-electron chi connectivity index (χ3n) is 15.0. The Kier molecular flexibility index (Phi) is 60.4. The van der Waals surface area contributed by atoms with E-state index in [4.69, 9.17) is 37.0 Å². The summed E-state index contributed by atoms with van der Waals surface area (Å²) in [7, 11) is -9.92. The fourth-order valence-corrected chi connectivity index (χ4v) is 11.1. The quantitative estimate of drug-likeness (QED) is 0.0169. The van der Waals surface area contributed by atoms with Gasteiger partial charge in [-0.25, -0.2) is 9.13 Å². The molecule has 3 N–H and O–H groups in total. The second-order valence-electron chi connectivity index (χ2n) is 24.4. The smallest absolute Gasteiger partial charge is 0.462 e. The van der Waals surface area contributed by atoms with Crippen LogP contribution in [0.4, 0.5) is 0 Å². The van der Waals surface area contributed by atoms with Crippen molar-refractivity contribution in [3.05, 3.63) is 48.6 Å². The minimum absolute atomic E-state index is 0.0780. The predicted molar refractivity (Wildman–Crippen MR) is 358 cm³/mol. The number of esters is 4. The molecular weight excluding hydrogens is 1170 g/mol. The van der Waals surface area contributed by atoms with Crippen LogP contribution >= 0.6 is 15.6 Å². The van der Waals surface area contributed by atoms with Gasteiger partial charge in [0.15, 0.2) is 12.2 Å². The molecule has 0 aliphatic carbocycles. The fraction of sp³-hybridized carbons (Fsp3) is 0.829. The largest absolute Gasteiger partial charge is 0.472 e. The van der Waals surface area contributed by atoms with Crippen molar-refractivity contribution in [2.45, 2.75) is 329 Å². The minimum atomic E-state index is -4.97. The lowest BCUT2D eigenvalue weighted by atomic mass is 10.0. The van der Waals surface area contributed by atoms with Crippen LogP contribution in [0.25, 0.3) is 0 Å². The summed E-state index contributed by atoms with van der Waals surface area (Å²) < 4.78 is 68.1. The van der Waals surface area contributed by atoms with E-state index in [9.17, 15) is 43.2 Å². The van der Waals surface area contributed by atoms with Crippen LogP contribution in [-0.2, 0) is 65.4 Å². The molecule has 520 valence electrons. The van der Waals surface area contributed by atoms with Crippen LogP contribution in [0.2, 0.25) is 0 Å². The molecular formula is C70H128O17P2. The molecule has 0 saturated carbocycles. The van der Waals surface area contributed by atoms with Crippen molar-refractivity contribution in [2.75, 3.05) is 39.6 Å². The molecule has 0 saturated heterocycles. The van der Waals surface area contributed by atoms with E-state index < -0.39 is 97.5 Å². The van der Waals surface area contributed by atoms with E-state index >= 15 is 0 Å². The Morgan fingerprint density at radius 1 is 0.348 bits per heavy atom. The number of allylic oxidation sites excluding steroid dienone is 8. The third-order valence-corrected chi connectivity index (χ3v) is 16.9. The molecule has 0 aliphatic heterocycles. The van der Waals surface area contributed by atoms with Crippen molar-refractivity contribution >= 4 is 39.5 Å². The number of carbonyl (C=O) groups is 4. The first kappa shape index (κ1) is 86.0. The molecule has 2 unspecified atom stereocenters. The van der Waals surface area contributed by atoms with E-state index in [0.29, 0.717) is 31.6 Å². The van der Waals surface area contributed by atoms with Crippen molar-refractivity contribution < 1.29 is 80.2 Å². The van der Waals surface area contributed by atoms with Crippen molar-refractivity contribution in [3.8, 4) is 0 Å². The van der Waals surface area contributed by atoms with E-state index in [1.165, 1.54) is 96.3 Å². The molecule has 0 radical (unpaired) electrons. The van der Waals surface area contributed by atoms with Gasteiger partial charge in [0.05, 0.1) is 26.4 Å². The summed E-state index contributed by atoms with van der Waals surface area (Å²) >= 11 is 0. The highest BCUT2D eigenvalue weighted by Crippen LogP contribution is 2.45. The van der Waals surface area contributed by atoms with Gasteiger partial charge in [-0.05, 0) is 83.0 Å². The van der Waals surface area contributed by atoms with E-state index in [-0.39, 0.29) is 25.7 Å². The van der Waals surface area contributed by atoms with Crippen molar-refractivity contribution in [1.82, 2.24) is 0 Å². The number of unbranched alkanes of at least 4 members (excludes halogenated alkanes) is 32. The predicted octanol–water partition coefficient (Wildman–Crippen LogP) is 19.2. The molecule has 0 aromatic carbocycles. The molecule has 0 aromatic heterocycles. The minimum Gasteiger partial charge on any atom is -0.462 e. The number of hydrogen-bond donors (Lipinski definition) is 3. The monoisotopic (exact) mass is 1300 g/mol. The number of ether oxygens (including phenoxy) is 4. The summed E-state index contributed by atoms with van der Waals surface area (Å²) in [6.45, 7) is 7.04. The summed E-state index contributed by atoms with van der Waals surface area (Å²) in [5.41, 5.74) is 0. The Morgan fingerprint density at radius 2 is 0.607 bits per heavy atom. The molecule has 17 nitrogen and oxygen atoms in total. The standard InChI is InChI=1S/C70H128O17P2/c1-6-9-12-15-18-21-23-25-27-29-31-33-39-44-49-54-68(73)81-60-66(86-69(74)55-50-45-40-34-32-30-28-26-24-22-19-16-13-10-7-2)62-85-89(78,79)83-58-64(71)57-82-88(76,77)84-61-65(59-80-67(72)53-48-43-38-20-17-14-11-8-3)87-70(75)56-51-46-41-36-35-37-42-47-52-63(4)5/h21-28,63-66,71H,6-20,29-62H2,1-5H3,(H,76,77)(H,78,79)/b23-21-,24-22-,27-25-,28-26-/t64-,65+,66+/m0/s1. The number of aliphatic hydroxyl groups is 1. The van der Waals surface area contributed by atoms with Crippen LogP contribution in [0.5, 0.6) is 0 Å². The number of rotatable bonds is 66. The van der Waals surface area contributed by atoms with E-state index in [0.717, 1.165) is 128 Å². The SMILES string of the molecule is CCCCCC/C=C\C=C/CCCCCCCC(=O)OC[C@H](COP(=O)(O)OC[C@@H](O)COP(=O)(O)OC[C@@H](COC(=O)CCCCCCCCCC)OC(=O)CCCCCCCCCCC(C)C)OC(=O)CCCCCCC/C=C\C=C/CCCCCC. The first-order valence-corrected chi connectivity index (χ1v) is 38.3. The Labute approximate surface area is 540 Å². The maximum absolute atomic E-state index is 13.0. The van der Waals surface area contributed by atoms with Gasteiger partial charge in [-0.15, -0.1) is 0 Å². The molecule has 0 aliphatic rings. The molecule has 0 heterocycles. The number of aliphatic hydroxyl groups excluding tert-OH is 1. The van der Waals surface area contributed by atoms with Gasteiger partial charge < -0.3 is 33.8 Å². The third kappa shape index (κ3) is 63.6. The zero-order valence-corrected chi connectivity index (χ0v) is 58.3. The Hall–Kier alpha value is -2.98. The normalized spacial score (nSPS) is 14.4. The summed E-state index contributed by atoms with van der Waals surface area (Å²) in [6, 6.07) is 0. The van der Waals surface area contributed by atoms with Gasteiger partial charge in [0.1, 0.15) is 19.3 Å². The first-order valence-electron chi connectivity index (χ1n) is 35.3. The summed E-state index contributed by atoms with van der Waals surface area (Å²) in [5.74, 6) is -1.47. The average Bonchev–Trinajstić information content (AvgIpc) is 3.70. The van der Waals surface area contributed by atoms with E-state index in [1.54, 1.807) is 0 Å². The maximum atomic E-state index is 13.0. The van der Waals surface area contributed by atoms with Crippen molar-refractivity contribution in [3.63, 3.8) is 0 Å². The van der Waals surface area contributed by atoms with Gasteiger partial charge in [0, 0.05) is 25.7 Å². The summed E-state index contributed by atoms with van der Waals surface area (Å²) in [5, 5.41) is 10.6. The lowest BCUT2D eigenvalue weighted by Gasteiger charge is -2.21. The number of hydrogen-bond acceptors (Lipinski definition) is 15. The van der Waals surface area contributed by atoms with Gasteiger partial charge in [-0.1, -0.05) is 257 Å². The number of carbonyl (C=O) groups excluding carboxylic acids is 4. The highest BCUT2D eigenvalue weighted by molar-refractivity contribution is 7.47. The number of phosphoric ester groups is 2. The fourth-order valence-electron chi connectivity index (χ4n) is 9.56. The Bertz CT molecular complexity index is 1910. The van der Waals surface area contributed by atoms with Gasteiger partial charge in [0.25, 0.3) is 0 Å². The van der Waals surface area contributed by atoms with Crippen LogP contribution in [-0.4, -0.2) is 96.7 Å². The molecule has 0 amide bonds. The van der Waals surface area contributed by atoms with Gasteiger partial charge in [-0.3, -0.25) is 37.3 Å². The second kappa shape index (κ2) is 62.5. The molecule has 5 atom stereocenters. The lowest BCUT2D eigenvalue weighted by Crippen LogP contribution is -2.30. The number of phosphoric acid groups is 2. The van der Waals surface area contributed by atoms with Crippen molar-refractivity contribution in [1.29, 1.82) is 0 Å². The van der Waals surface area contributed by atoms with Gasteiger partial charge >= 0.3 is 39.5 Å². The topological polar surface area (TPSA) is 237 Å². The molecule has 0 spiro atoms.